The summed E-state index contributed by atoms with van der Waals surface area (Å²) in [5, 5.41) is 7.42. The van der Waals surface area contributed by atoms with Gasteiger partial charge < -0.3 is 19.4 Å². The molecule has 1 amide bonds. The van der Waals surface area contributed by atoms with E-state index in [-0.39, 0.29) is 11.7 Å². The molecular formula is C24H24FN5O3. The molecule has 170 valence electrons. The number of hydrogen-bond acceptors (Lipinski definition) is 5. The second-order valence-corrected chi connectivity index (χ2v) is 7.29. The highest BCUT2D eigenvalue weighted by molar-refractivity contribution is 5.99. The molecule has 0 bridgehead atoms. The van der Waals surface area contributed by atoms with Crippen molar-refractivity contribution in [2.24, 2.45) is 7.05 Å². The van der Waals surface area contributed by atoms with Gasteiger partial charge in [-0.1, -0.05) is 18.2 Å². The van der Waals surface area contributed by atoms with Gasteiger partial charge in [0.05, 0.1) is 27.0 Å². The van der Waals surface area contributed by atoms with Crippen LogP contribution in [0.3, 0.4) is 0 Å². The fourth-order valence-corrected chi connectivity index (χ4v) is 3.66. The Morgan fingerprint density at radius 3 is 2.39 bits per heavy atom. The Morgan fingerprint density at radius 1 is 1.09 bits per heavy atom. The number of hydrogen-bond donors (Lipinski definition) is 1. The van der Waals surface area contributed by atoms with E-state index in [0.717, 1.165) is 16.8 Å². The molecule has 8 nitrogen and oxygen atoms in total. The maximum absolute atomic E-state index is 13.4. The summed E-state index contributed by atoms with van der Waals surface area (Å²) in [6.07, 6.45) is 5.27. The van der Waals surface area contributed by atoms with Gasteiger partial charge in [0.25, 0.3) is 5.91 Å². The number of methoxy groups -OCH3 is 2. The molecule has 4 aromatic rings. The average Bonchev–Trinajstić information content (AvgIpc) is 3.44. The maximum Gasteiger partial charge on any atom is 0.258 e. The number of ether oxygens (including phenoxy) is 2. The minimum atomic E-state index is -0.311. The average molecular weight is 449 g/mol. The van der Waals surface area contributed by atoms with Gasteiger partial charge in [-0.15, -0.1) is 0 Å². The largest absolute Gasteiger partial charge is 0.496 e. The standard InChI is InChI=1S/C24H24FN5O3/c1-29-13-11-26-23(29)22-18(16-7-9-17(25)10-8-16)15-28-30(22)14-12-27-24(31)21-19(32-2)5-4-6-20(21)33-3/h4-11,13,15H,12,14H2,1-3H3,(H,27,31). The summed E-state index contributed by atoms with van der Waals surface area (Å²) in [4.78, 5) is 17.3. The van der Waals surface area contributed by atoms with Crippen molar-refractivity contribution in [3.8, 4) is 34.1 Å². The Balaban J connectivity index is 1.59. The minimum absolute atomic E-state index is 0.306. The first-order valence-electron chi connectivity index (χ1n) is 10.3. The Labute approximate surface area is 190 Å². The number of aromatic nitrogens is 4. The van der Waals surface area contributed by atoms with Crippen LogP contribution in [0.25, 0.3) is 22.6 Å². The van der Waals surface area contributed by atoms with E-state index in [1.54, 1.807) is 47.4 Å². The van der Waals surface area contributed by atoms with Crippen molar-refractivity contribution in [3.05, 3.63) is 72.4 Å². The van der Waals surface area contributed by atoms with E-state index in [1.807, 2.05) is 17.8 Å². The number of nitrogens with one attached hydrogen (secondary N) is 1. The molecule has 0 spiro atoms. The molecule has 2 heterocycles. The maximum atomic E-state index is 13.4. The predicted octanol–water partition coefficient (Wildman–Crippen LogP) is 3.54. The zero-order chi connectivity index (χ0) is 23.4. The van der Waals surface area contributed by atoms with Crippen LogP contribution in [0.2, 0.25) is 0 Å². The normalized spacial score (nSPS) is 10.8. The van der Waals surface area contributed by atoms with Crippen molar-refractivity contribution in [1.29, 1.82) is 0 Å². The third-order valence-corrected chi connectivity index (χ3v) is 5.29. The van der Waals surface area contributed by atoms with Crippen LogP contribution >= 0.6 is 0 Å². The fraction of sp³-hybridized carbons (Fsp3) is 0.208. The van der Waals surface area contributed by atoms with Crippen molar-refractivity contribution in [3.63, 3.8) is 0 Å². The van der Waals surface area contributed by atoms with E-state index < -0.39 is 0 Å². The summed E-state index contributed by atoms with van der Waals surface area (Å²) in [7, 11) is 4.90. The highest BCUT2D eigenvalue weighted by atomic mass is 19.1. The van der Waals surface area contributed by atoms with Gasteiger partial charge in [0.15, 0.2) is 5.82 Å². The van der Waals surface area contributed by atoms with Crippen LogP contribution in [-0.2, 0) is 13.6 Å². The first kappa shape index (κ1) is 22.1. The van der Waals surface area contributed by atoms with Crippen LogP contribution in [0.4, 0.5) is 4.39 Å². The van der Waals surface area contributed by atoms with Crippen LogP contribution in [0.5, 0.6) is 11.5 Å². The monoisotopic (exact) mass is 449 g/mol. The molecule has 1 N–H and O–H groups in total. The lowest BCUT2D eigenvalue weighted by Crippen LogP contribution is -2.28. The first-order chi connectivity index (χ1) is 16.0. The lowest BCUT2D eigenvalue weighted by molar-refractivity contribution is 0.0945. The van der Waals surface area contributed by atoms with Crippen molar-refractivity contribution in [1.82, 2.24) is 24.6 Å². The quantitative estimate of drug-likeness (QED) is 0.445. The molecule has 0 saturated carbocycles. The fourth-order valence-electron chi connectivity index (χ4n) is 3.66. The predicted molar refractivity (Wildman–Crippen MR) is 122 cm³/mol. The summed E-state index contributed by atoms with van der Waals surface area (Å²) in [5.74, 6) is 0.953. The number of carbonyl (C=O) groups is 1. The third kappa shape index (κ3) is 4.43. The van der Waals surface area contributed by atoms with Crippen molar-refractivity contribution in [2.45, 2.75) is 6.54 Å². The summed E-state index contributed by atoms with van der Waals surface area (Å²) >= 11 is 0. The van der Waals surface area contributed by atoms with Gasteiger partial charge in [0.2, 0.25) is 0 Å². The first-order valence-corrected chi connectivity index (χ1v) is 10.3. The number of rotatable bonds is 8. The highest BCUT2D eigenvalue weighted by Crippen LogP contribution is 2.31. The molecule has 0 unspecified atom stereocenters. The van der Waals surface area contributed by atoms with Crippen LogP contribution in [-0.4, -0.2) is 46.0 Å². The SMILES string of the molecule is COc1cccc(OC)c1C(=O)NCCn1ncc(-c2ccc(F)cc2)c1-c1nccn1C. The molecular weight excluding hydrogens is 425 g/mol. The topological polar surface area (TPSA) is 83.2 Å². The molecule has 33 heavy (non-hydrogen) atoms. The molecule has 0 aliphatic rings. The Morgan fingerprint density at radius 2 is 1.79 bits per heavy atom. The van der Waals surface area contributed by atoms with Gasteiger partial charge in [0.1, 0.15) is 28.6 Å². The van der Waals surface area contributed by atoms with Crippen LogP contribution in [0.1, 0.15) is 10.4 Å². The van der Waals surface area contributed by atoms with Crippen molar-refractivity contribution < 1.29 is 18.7 Å². The smallest absolute Gasteiger partial charge is 0.258 e. The zero-order valence-corrected chi connectivity index (χ0v) is 18.6. The summed E-state index contributed by atoms with van der Waals surface area (Å²) in [5.41, 5.74) is 2.75. The lowest BCUT2D eigenvalue weighted by atomic mass is 10.1. The minimum Gasteiger partial charge on any atom is -0.496 e. The van der Waals surface area contributed by atoms with E-state index in [2.05, 4.69) is 15.4 Å². The van der Waals surface area contributed by atoms with Crippen LogP contribution in [0, 0.1) is 5.82 Å². The summed E-state index contributed by atoms with van der Waals surface area (Å²) < 4.78 is 27.7. The third-order valence-electron chi connectivity index (χ3n) is 5.29. The number of imidazole rings is 1. The molecule has 2 aromatic carbocycles. The van der Waals surface area contributed by atoms with Gasteiger partial charge in [-0.05, 0) is 29.8 Å². The molecule has 2 aromatic heterocycles. The Kier molecular flexibility index (Phi) is 6.39. The lowest BCUT2D eigenvalue weighted by Gasteiger charge is -2.14. The molecule has 0 radical (unpaired) electrons. The molecule has 0 fully saturated rings. The van der Waals surface area contributed by atoms with E-state index in [0.29, 0.717) is 36.0 Å². The number of benzene rings is 2. The molecule has 0 saturated heterocycles. The highest BCUT2D eigenvalue weighted by Gasteiger charge is 2.20. The van der Waals surface area contributed by atoms with E-state index in [9.17, 15) is 9.18 Å². The number of carbonyl (C=O) groups excluding carboxylic acids is 1. The van der Waals surface area contributed by atoms with Gasteiger partial charge in [-0.2, -0.15) is 5.10 Å². The molecule has 4 rings (SSSR count). The van der Waals surface area contributed by atoms with Crippen LogP contribution < -0.4 is 14.8 Å². The number of aryl methyl sites for hydroxylation is 1. The second kappa shape index (κ2) is 9.56. The van der Waals surface area contributed by atoms with Crippen molar-refractivity contribution >= 4 is 5.91 Å². The Hall–Kier alpha value is -4.14. The second-order valence-electron chi connectivity index (χ2n) is 7.29. The molecule has 9 heteroatoms. The van der Waals surface area contributed by atoms with E-state index in [4.69, 9.17) is 9.47 Å². The summed E-state index contributed by atoms with van der Waals surface area (Å²) in [6.45, 7) is 0.703. The zero-order valence-electron chi connectivity index (χ0n) is 18.6. The van der Waals surface area contributed by atoms with Gasteiger partial charge in [-0.25, -0.2) is 9.37 Å². The van der Waals surface area contributed by atoms with Gasteiger partial charge in [0, 0.05) is 31.5 Å². The molecule has 0 atom stereocenters. The molecule has 0 aliphatic heterocycles. The van der Waals surface area contributed by atoms with E-state index >= 15 is 0 Å². The van der Waals surface area contributed by atoms with Crippen molar-refractivity contribution in [2.75, 3.05) is 20.8 Å². The number of nitrogens with zero attached hydrogens (tertiary/aromatic N) is 4. The number of amides is 1. The van der Waals surface area contributed by atoms with Gasteiger partial charge >= 0.3 is 0 Å². The van der Waals surface area contributed by atoms with Crippen LogP contribution in [0.15, 0.2) is 61.1 Å². The van der Waals surface area contributed by atoms with E-state index in [1.165, 1.54) is 26.4 Å². The summed E-state index contributed by atoms with van der Waals surface area (Å²) in [6, 6.07) is 11.4. The number of halogens is 1. The Bertz CT molecular complexity index is 1240. The van der Waals surface area contributed by atoms with Gasteiger partial charge in [-0.3, -0.25) is 9.48 Å². The molecule has 0 aliphatic carbocycles.